The molecule has 1 aromatic rings. The molecule has 0 bridgehead atoms. The molecule has 5 heteroatoms. The molecule has 4 nitrogen and oxygen atoms in total. The SMILES string of the molecule is CC(N)c1cccc(F)c1N1CCNC(=O)C1C. The molecule has 2 unspecified atom stereocenters. The maximum Gasteiger partial charge on any atom is 0.242 e. The zero-order valence-electron chi connectivity index (χ0n) is 10.6. The third-order valence-electron chi connectivity index (χ3n) is 3.29. The van der Waals surface area contributed by atoms with Crippen molar-refractivity contribution >= 4 is 11.6 Å². The lowest BCUT2D eigenvalue weighted by molar-refractivity contribution is -0.122. The number of halogens is 1. The fourth-order valence-corrected chi connectivity index (χ4v) is 2.29. The van der Waals surface area contributed by atoms with Gasteiger partial charge in [0.1, 0.15) is 11.9 Å². The van der Waals surface area contributed by atoms with Crippen molar-refractivity contribution < 1.29 is 9.18 Å². The van der Waals surface area contributed by atoms with Crippen LogP contribution in [0.5, 0.6) is 0 Å². The molecule has 2 atom stereocenters. The van der Waals surface area contributed by atoms with Crippen molar-refractivity contribution in [2.24, 2.45) is 5.73 Å². The quantitative estimate of drug-likeness (QED) is 0.829. The van der Waals surface area contributed by atoms with Gasteiger partial charge in [0, 0.05) is 19.1 Å². The number of nitrogens with zero attached hydrogens (tertiary/aromatic N) is 1. The summed E-state index contributed by atoms with van der Waals surface area (Å²) >= 11 is 0. The van der Waals surface area contributed by atoms with E-state index in [1.54, 1.807) is 17.9 Å². The molecule has 1 saturated heterocycles. The van der Waals surface area contributed by atoms with Gasteiger partial charge >= 0.3 is 0 Å². The summed E-state index contributed by atoms with van der Waals surface area (Å²) in [5.41, 5.74) is 7.06. The highest BCUT2D eigenvalue weighted by Crippen LogP contribution is 2.30. The Morgan fingerprint density at radius 3 is 2.94 bits per heavy atom. The zero-order valence-corrected chi connectivity index (χ0v) is 10.6. The van der Waals surface area contributed by atoms with Crippen molar-refractivity contribution in [2.75, 3.05) is 18.0 Å². The van der Waals surface area contributed by atoms with E-state index in [2.05, 4.69) is 5.32 Å². The molecule has 0 aromatic heterocycles. The van der Waals surface area contributed by atoms with Crippen molar-refractivity contribution in [3.05, 3.63) is 29.6 Å². The standard InChI is InChI=1S/C13H18FN3O/c1-8(15)10-4-3-5-11(14)12(10)17-7-6-16-13(18)9(17)2/h3-5,8-9H,6-7,15H2,1-2H3,(H,16,18). The van der Waals surface area contributed by atoms with Crippen LogP contribution in [-0.4, -0.2) is 25.0 Å². The molecule has 0 spiro atoms. The number of nitrogens with two attached hydrogens (primary N) is 1. The van der Waals surface area contributed by atoms with Gasteiger partial charge in [-0.15, -0.1) is 0 Å². The van der Waals surface area contributed by atoms with E-state index in [1.165, 1.54) is 6.07 Å². The number of para-hydroxylation sites is 1. The summed E-state index contributed by atoms with van der Waals surface area (Å²) in [6.45, 7) is 4.70. The summed E-state index contributed by atoms with van der Waals surface area (Å²) in [4.78, 5) is 13.4. The highest BCUT2D eigenvalue weighted by Gasteiger charge is 2.29. The van der Waals surface area contributed by atoms with Crippen LogP contribution in [0, 0.1) is 5.82 Å². The summed E-state index contributed by atoms with van der Waals surface area (Å²) < 4.78 is 14.1. The van der Waals surface area contributed by atoms with Crippen LogP contribution in [0.3, 0.4) is 0 Å². The molecule has 0 radical (unpaired) electrons. The van der Waals surface area contributed by atoms with Gasteiger partial charge < -0.3 is 16.0 Å². The van der Waals surface area contributed by atoms with Gasteiger partial charge in [0.2, 0.25) is 5.91 Å². The first kappa shape index (κ1) is 12.8. The zero-order chi connectivity index (χ0) is 13.3. The van der Waals surface area contributed by atoms with E-state index in [9.17, 15) is 9.18 Å². The highest BCUT2D eigenvalue weighted by molar-refractivity contribution is 5.86. The van der Waals surface area contributed by atoms with E-state index >= 15 is 0 Å². The fraction of sp³-hybridized carbons (Fsp3) is 0.462. The van der Waals surface area contributed by atoms with Crippen LogP contribution in [0.2, 0.25) is 0 Å². The van der Waals surface area contributed by atoms with Crippen molar-refractivity contribution in [1.82, 2.24) is 5.32 Å². The molecule has 18 heavy (non-hydrogen) atoms. The number of hydrogen-bond acceptors (Lipinski definition) is 3. The molecular formula is C13H18FN3O. The third kappa shape index (κ3) is 2.18. The van der Waals surface area contributed by atoms with Crippen molar-refractivity contribution in [3.63, 3.8) is 0 Å². The fourth-order valence-electron chi connectivity index (χ4n) is 2.29. The molecule has 0 saturated carbocycles. The number of hydrogen-bond donors (Lipinski definition) is 2. The Hall–Kier alpha value is -1.62. The van der Waals surface area contributed by atoms with Crippen molar-refractivity contribution in [2.45, 2.75) is 25.9 Å². The van der Waals surface area contributed by atoms with E-state index in [1.807, 2.05) is 13.0 Å². The average Bonchev–Trinajstić information content (AvgIpc) is 2.33. The Labute approximate surface area is 106 Å². The molecule has 1 aromatic carbocycles. The highest BCUT2D eigenvalue weighted by atomic mass is 19.1. The summed E-state index contributed by atoms with van der Waals surface area (Å²) in [7, 11) is 0. The molecule has 1 aliphatic rings. The second-order valence-corrected chi connectivity index (χ2v) is 4.63. The van der Waals surface area contributed by atoms with E-state index in [0.29, 0.717) is 18.8 Å². The second-order valence-electron chi connectivity index (χ2n) is 4.63. The monoisotopic (exact) mass is 251 g/mol. The van der Waals surface area contributed by atoms with Crippen molar-refractivity contribution in [1.29, 1.82) is 0 Å². The maximum atomic E-state index is 14.1. The summed E-state index contributed by atoms with van der Waals surface area (Å²) in [6.07, 6.45) is 0. The Kier molecular flexibility index (Phi) is 3.52. The largest absolute Gasteiger partial charge is 0.355 e. The van der Waals surface area contributed by atoms with Gasteiger partial charge in [0.05, 0.1) is 5.69 Å². The first-order chi connectivity index (χ1) is 8.52. The molecule has 1 aliphatic heterocycles. The molecular weight excluding hydrogens is 233 g/mol. The summed E-state index contributed by atoms with van der Waals surface area (Å²) in [6, 6.07) is 4.20. The smallest absolute Gasteiger partial charge is 0.242 e. The maximum absolute atomic E-state index is 14.1. The number of amides is 1. The molecule has 1 fully saturated rings. The summed E-state index contributed by atoms with van der Waals surface area (Å²) in [5.74, 6) is -0.411. The normalized spacial score (nSPS) is 21.7. The van der Waals surface area contributed by atoms with Crippen LogP contribution in [0.25, 0.3) is 0 Å². The van der Waals surface area contributed by atoms with E-state index in [-0.39, 0.29) is 23.8 Å². The van der Waals surface area contributed by atoms with Crippen LogP contribution in [0.4, 0.5) is 10.1 Å². The lowest BCUT2D eigenvalue weighted by atomic mass is 10.0. The first-order valence-corrected chi connectivity index (χ1v) is 6.10. The number of piperazine rings is 1. The van der Waals surface area contributed by atoms with Crippen LogP contribution < -0.4 is 16.0 Å². The third-order valence-corrected chi connectivity index (χ3v) is 3.29. The Bertz CT molecular complexity index is 462. The van der Waals surface area contributed by atoms with Gasteiger partial charge in [0.25, 0.3) is 0 Å². The van der Waals surface area contributed by atoms with Crippen LogP contribution in [-0.2, 0) is 4.79 Å². The lowest BCUT2D eigenvalue weighted by Crippen LogP contribution is -2.54. The Morgan fingerprint density at radius 1 is 1.56 bits per heavy atom. The number of anilines is 1. The molecule has 1 heterocycles. The van der Waals surface area contributed by atoms with Gasteiger partial charge in [-0.3, -0.25) is 4.79 Å². The Balaban J connectivity index is 2.46. The minimum atomic E-state index is -0.381. The summed E-state index contributed by atoms with van der Waals surface area (Å²) in [5, 5.41) is 2.77. The van der Waals surface area contributed by atoms with Crippen molar-refractivity contribution in [3.8, 4) is 0 Å². The lowest BCUT2D eigenvalue weighted by Gasteiger charge is -2.36. The average molecular weight is 251 g/mol. The van der Waals surface area contributed by atoms with E-state index in [4.69, 9.17) is 5.73 Å². The van der Waals surface area contributed by atoms with Gasteiger partial charge in [0.15, 0.2) is 0 Å². The molecule has 0 aliphatic carbocycles. The molecule has 98 valence electrons. The van der Waals surface area contributed by atoms with Crippen LogP contribution in [0.15, 0.2) is 18.2 Å². The predicted octanol–water partition coefficient (Wildman–Crippen LogP) is 1.17. The van der Waals surface area contributed by atoms with Gasteiger partial charge in [-0.1, -0.05) is 12.1 Å². The topological polar surface area (TPSA) is 58.4 Å². The number of benzene rings is 1. The number of carbonyl (C=O) groups is 1. The second kappa shape index (κ2) is 4.94. The Morgan fingerprint density at radius 2 is 2.28 bits per heavy atom. The van der Waals surface area contributed by atoms with Gasteiger partial charge in [-0.2, -0.15) is 0 Å². The van der Waals surface area contributed by atoms with E-state index < -0.39 is 0 Å². The number of nitrogens with one attached hydrogen (secondary N) is 1. The molecule has 1 amide bonds. The molecule has 3 N–H and O–H groups in total. The van der Waals surface area contributed by atoms with Gasteiger partial charge in [-0.25, -0.2) is 4.39 Å². The number of rotatable bonds is 2. The number of carbonyl (C=O) groups excluding carboxylic acids is 1. The van der Waals surface area contributed by atoms with Gasteiger partial charge in [-0.05, 0) is 25.5 Å². The van der Waals surface area contributed by atoms with Crippen LogP contribution in [0.1, 0.15) is 25.5 Å². The van der Waals surface area contributed by atoms with Crippen LogP contribution >= 0.6 is 0 Å². The molecule has 2 rings (SSSR count). The minimum absolute atomic E-state index is 0.0832. The first-order valence-electron chi connectivity index (χ1n) is 6.10. The predicted molar refractivity (Wildman–Crippen MR) is 68.8 cm³/mol. The minimum Gasteiger partial charge on any atom is -0.355 e. The van der Waals surface area contributed by atoms with E-state index in [0.717, 1.165) is 5.56 Å².